The molecule has 0 saturated heterocycles. The van der Waals surface area contributed by atoms with Gasteiger partial charge < -0.3 is 10.5 Å². The average Bonchev–Trinajstić information content (AvgIpc) is 3.04. The Morgan fingerprint density at radius 1 is 1.12 bits per heavy atom. The number of benzene rings is 2. The summed E-state index contributed by atoms with van der Waals surface area (Å²) in [6.45, 7) is 0. The van der Waals surface area contributed by atoms with Crippen molar-refractivity contribution in [1.29, 1.82) is 5.26 Å². The van der Waals surface area contributed by atoms with Gasteiger partial charge in [-0.25, -0.2) is 4.98 Å². The average molecular weight is 366 g/mol. The van der Waals surface area contributed by atoms with E-state index in [2.05, 4.69) is 11.1 Å². The minimum absolute atomic E-state index is 0.0971. The van der Waals surface area contributed by atoms with Gasteiger partial charge in [-0.05, 0) is 11.6 Å². The number of nitrogens with two attached hydrogens (primary N) is 1. The van der Waals surface area contributed by atoms with Crippen LogP contribution in [0.2, 0.25) is 5.02 Å². The first-order valence-corrected chi connectivity index (χ1v) is 8.76. The molecule has 25 heavy (non-hydrogen) atoms. The SMILES string of the molecule is N#CC1=C(N)Oc2nc(-c3ccccc3Cl)sc2[C@@H]1c1ccccc1. The van der Waals surface area contributed by atoms with E-state index in [0.717, 1.165) is 21.0 Å². The molecule has 0 bridgehead atoms. The van der Waals surface area contributed by atoms with E-state index in [9.17, 15) is 5.26 Å². The number of rotatable bonds is 2. The molecule has 0 aliphatic carbocycles. The summed E-state index contributed by atoms with van der Waals surface area (Å²) in [6.07, 6.45) is 0. The van der Waals surface area contributed by atoms with Gasteiger partial charge in [-0.2, -0.15) is 5.26 Å². The van der Waals surface area contributed by atoms with Crippen LogP contribution < -0.4 is 10.5 Å². The van der Waals surface area contributed by atoms with Crippen LogP contribution in [-0.2, 0) is 0 Å². The molecule has 122 valence electrons. The van der Waals surface area contributed by atoms with Crippen LogP contribution in [0.15, 0.2) is 66.1 Å². The molecule has 2 aromatic carbocycles. The maximum Gasteiger partial charge on any atom is 0.236 e. The summed E-state index contributed by atoms with van der Waals surface area (Å²) in [5.74, 6) is 0.244. The fourth-order valence-corrected chi connectivity index (χ4v) is 4.29. The zero-order valence-electron chi connectivity index (χ0n) is 12.9. The van der Waals surface area contributed by atoms with Crippen LogP contribution in [0.4, 0.5) is 0 Å². The zero-order chi connectivity index (χ0) is 17.4. The van der Waals surface area contributed by atoms with Gasteiger partial charge in [0.05, 0.1) is 15.8 Å². The molecule has 0 amide bonds. The zero-order valence-corrected chi connectivity index (χ0v) is 14.5. The van der Waals surface area contributed by atoms with Crippen molar-refractivity contribution in [2.24, 2.45) is 5.73 Å². The number of nitrogens with zero attached hydrogens (tertiary/aromatic N) is 2. The summed E-state index contributed by atoms with van der Waals surface area (Å²) in [5, 5.41) is 10.9. The summed E-state index contributed by atoms with van der Waals surface area (Å²) in [6, 6.07) is 19.4. The van der Waals surface area contributed by atoms with E-state index in [4.69, 9.17) is 22.1 Å². The van der Waals surface area contributed by atoms with Crippen molar-refractivity contribution in [1.82, 2.24) is 4.98 Å². The maximum atomic E-state index is 9.58. The third-order valence-electron chi connectivity index (χ3n) is 4.00. The van der Waals surface area contributed by atoms with Crippen LogP contribution >= 0.6 is 22.9 Å². The standard InChI is InChI=1S/C19H12ClN3OS/c20-14-9-5-4-8-12(14)19-23-18-16(25-19)15(11-6-2-1-3-7-11)13(10-21)17(22)24-18/h1-9,15H,22H2/t15-/m1/s1. The van der Waals surface area contributed by atoms with Gasteiger partial charge in [-0.3, -0.25) is 0 Å². The van der Waals surface area contributed by atoms with E-state index in [1.807, 2.05) is 54.6 Å². The molecule has 3 aromatic rings. The van der Waals surface area contributed by atoms with Gasteiger partial charge in [0, 0.05) is 5.56 Å². The molecule has 2 heterocycles. The summed E-state index contributed by atoms with van der Waals surface area (Å²) in [5.41, 5.74) is 8.18. The molecule has 4 nitrogen and oxygen atoms in total. The number of allylic oxidation sites excluding steroid dienone is 1. The molecule has 1 aliphatic rings. The summed E-state index contributed by atoms with van der Waals surface area (Å²) >= 11 is 7.76. The highest BCUT2D eigenvalue weighted by Crippen LogP contribution is 2.47. The number of halogens is 1. The third-order valence-corrected chi connectivity index (χ3v) is 5.47. The van der Waals surface area contributed by atoms with Crippen LogP contribution in [0, 0.1) is 11.3 Å². The molecule has 0 saturated carbocycles. The van der Waals surface area contributed by atoms with Crippen molar-refractivity contribution in [3.63, 3.8) is 0 Å². The third kappa shape index (κ3) is 2.66. The highest BCUT2D eigenvalue weighted by molar-refractivity contribution is 7.15. The number of hydrogen-bond acceptors (Lipinski definition) is 5. The molecule has 1 atom stereocenters. The predicted octanol–water partition coefficient (Wildman–Crippen LogP) is 4.68. The molecule has 0 unspecified atom stereocenters. The molecule has 0 fully saturated rings. The first-order chi connectivity index (χ1) is 12.2. The van der Waals surface area contributed by atoms with Gasteiger partial charge in [0.25, 0.3) is 0 Å². The fraction of sp³-hybridized carbons (Fsp3) is 0.0526. The molecule has 1 aromatic heterocycles. The van der Waals surface area contributed by atoms with Crippen LogP contribution in [0.25, 0.3) is 10.6 Å². The molecule has 0 spiro atoms. The lowest BCUT2D eigenvalue weighted by Crippen LogP contribution is -2.20. The quantitative estimate of drug-likeness (QED) is 0.715. The topological polar surface area (TPSA) is 71.9 Å². The number of nitriles is 1. The van der Waals surface area contributed by atoms with E-state index >= 15 is 0 Å². The van der Waals surface area contributed by atoms with Crippen molar-refractivity contribution < 1.29 is 4.74 Å². The van der Waals surface area contributed by atoms with Gasteiger partial charge in [-0.15, -0.1) is 11.3 Å². The minimum atomic E-state index is -0.288. The second kappa shape index (κ2) is 6.25. The summed E-state index contributed by atoms with van der Waals surface area (Å²) < 4.78 is 5.62. The Kier molecular flexibility index (Phi) is 3.92. The Hall–Kier alpha value is -2.81. The smallest absolute Gasteiger partial charge is 0.236 e. The monoisotopic (exact) mass is 365 g/mol. The lowest BCUT2D eigenvalue weighted by molar-refractivity contribution is 0.383. The van der Waals surface area contributed by atoms with Crippen molar-refractivity contribution in [3.8, 4) is 22.5 Å². The molecule has 1 aliphatic heterocycles. The highest BCUT2D eigenvalue weighted by Gasteiger charge is 2.34. The lowest BCUT2D eigenvalue weighted by atomic mass is 9.89. The molecule has 0 radical (unpaired) electrons. The van der Waals surface area contributed by atoms with E-state index in [1.165, 1.54) is 11.3 Å². The van der Waals surface area contributed by atoms with Crippen LogP contribution in [-0.4, -0.2) is 4.98 Å². The molecular formula is C19H12ClN3OS. The van der Waals surface area contributed by atoms with Crippen LogP contribution in [0.1, 0.15) is 16.4 Å². The Morgan fingerprint density at radius 3 is 2.56 bits per heavy atom. The van der Waals surface area contributed by atoms with Gasteiger partial charge in [0.1, 0.15) is 16.6 Å². The van der Waals surface area contributed by atoms with E-state index < -0.39 is 0 Å². The largest absolute Gasteiger partial charge is 0.421 e. The normalized spacial score (nSPS) is 16.1. The second-order valence-electron chi connectivity index (χ2n) is 5.50. The Bertz CT molecular complexity index is 1020. The van der Waals surface area contributed by atoms with E-state index in [-0.39, 0.29) is 11.8 Å². The van der Waals surface area contributed by atoms with Crippen LogP contribution in [0.5, 0.6) is 5.88 Å². The molecule has 2 N–H and O–H groups in total. The first-order valence-electron chi connectivity index (χ1n) is 7.57. The van der Waals surface area contributed by atoms with Crippen molar-refractivity contribution >= 4 is 22.9 Å². The molecular weight excluding hydrogens is 354 g/mol. The Balaban J connectivity index is 1.89. The summed E-state index contributed by atoms with van der Waals surface area (Å²) in [4.78, 5) is 5.42. The molecule has 4 rings (SSSR count). The summed E-state index contributed by atoms with van der Waals surface area (Å²) in [7, 11) is 0. The van der Waals surface area contributed by atoms with Gasteiger partial charge >= 0.3 is 0 Å². The lowest BCUT2D eigenvalue weighted by Gasteiger charge is -2.22. The highest BCUT2D eigenvalue weighted by atomic mass is 35.5. The van der Waals surface area contributed by atoms with Crippen LogP contribution in [0.3, 0.4) is 0 Å². The number of hydrogen-bond donors (Lipinski definition) is 1. The van der Waals surface area contributed by atoms with Crippen molar-refractivity contribution in [2.75, 3.05) is 0 Å². The van der Waals surface area contributed by atoms with Crippen molar-refractivity contribution in [3.05, 3.63) is 81.5 Å². The van der Waals surface area contributed by atoms with Gasteiger partial charge in [0.15, 0.2) is 0 Å². The van der Waals surface area contributed by atoms with Gasteiger partial charge in [-0.1, -0.05) is 60.1 Å². The molecule has 6 heteroatoms. The maximum absolute atomic E-state index is 9.58. The minimum Gasteiger partial charge on any atom is -0.421 e. The number of ether oxygens (including phenoxy) is 1. The van der Waals surface area contributed by atoms with Gasteiger partial charge in [0.2, 0.25) is 11.8 Å². The number of aromatic nitrogens is 1. The van der Waals surface area contributed by atoms with Crippen molar-refractivity contribution in [2.45, 2.75) is 5.92 Å². The van der Waals surface area contributed by atoms with E-state index in [1.54, 1.807) is 0 Å². The fourth-order valence-electron chi connectivity index (χ4n) is 2.84. The second-order valence-corrected chi connectivity index (χ2v) is 6.94. The first kappa shape index (κ1) is 15.7. The Labute approximate surface area is 153 Å². The number of thiazole rings is 1. The van der Waals surface area contributed by atoms with E-state index in [0.29, 0.717) is 16.5 Å². The predicted molar refractivity (Wildman–Crippen MR) is 98.3 cm³/mol. The number of fused-ring (bicyclic) bond motifs is 1. The Morgan fingerprint density at radius 2 is 1.84 bits per heavy atom.